The van der Waals surface area contributed by atoms with Crippen LogP contribution in [-0.2, 0) is 0 Å². The van der Waals surface area contributed by atoms with E-state index in [0.29, 0.717) is 0 Å². The van der Waals surface area contributed by atoms with Crippen LogP contribution in [0.4, 0.5) is 0 Å². The monoisotopic (exact) mass is 688 g/mol. The molecule has 12 rings (SSSR count). The third kappa shape index (κ3) is 4.34. The highest BCUT2D eigenvalue weighted by molar-refractivity contribution is 6.22. The molecule has 2 atom stereocenters. The summed E-state index contributed by atoms with van der Waals surface area (Å²) in [6.45, 7) is 0. The zero-order chi connectivity index (χ0) is 35.3. The summed E-state index contributed by atoms with van der Waals surface area (Å²) < 4.78 is 13.0. The van der Waals surface area contributed by atoms with Crippen molar-refractivity contribution in [3.05, 3.63) is 193 Å². The second kappa shape index (κ2) is 11.3. The molecule has 2 aliphatic rings. The van der Waals surface area contributed by atoms with Gasteiger partial charge in [0.05, 0.1) is 5.92 Å². The number of hydrogen-bond donors (Lipinski definition) is 0. The Morgan fingerprint density at radius 3 is 1.69 bits per heavy atom. The molecule has 2 unspecified atom stereocenters. The van der Waals surface area contributed by atoms with E-state index in [4.69, 9.17) is 9.15 Å². The Morgan fingerprint density at radius 1 is 0.407 bits per heavy atom. The van der Waals surface area contributed by atoms with Crippen LogP contribution >= 0.6 is 0 Å². The minimum Gasteiger partial charge on any atom is -0.481 e. The minimum atomic E-state index is -0.172. The maximum atomic E-state index is 6.64. The zero-order valence-electron chi connectivity index (χ0n) is 29.3. The lowest BCUT2D eigenvalue weighted by atomic mass is 9.83. The van der Waals surface area contributed by atoms with E-state index >= 15 is 0 Å². The Balaban J connectivity index is 1.07. The molecule has 2 heterocycles. The van der Waals surface area contributed by atoms with Crippen LogP contribution in [0, 0.1) is 0 Å². The maximum absolute atomic E-state index is 6.64. The molecule has 0 saturated heterocycles. The van der Waals surface area contributed by atoms with E-state index in [1.165, 1.54) is 82.0 Å². The van der Waals surface area contributed by atoms with Gasteiger partial charge in [0.1, 0.15) is 11.3 Å². The van der Waals surface area contributed by atoms with Crippen molar-refractivity contribution in [2.45, 2.75) is 12.0 Å². The lowest BCUT2D eigenvalue weighted by Gasteiger charge is -2.19. The molecule has 0 spiro atoms. The highest BCUT2D eigenvalue weighted by Gasteiger charge is 2.40. The molecule has 54 heavy (non-hydrogen) atoms. The summed E-state index contributed by atoms with van der Waals surface area (Å²) in [5, 5.41) is 11.1. The number of ether oxygens (including phenoxy) is 1. The van der Waals surface area contributed by atoms with Gasteiger partial charge in [0.15, 0.2) is 11.9 Å². The first-order valence-corrected chi connectivity index (χ1v) is 18.7. The summed E-state index contributed by atoms with van der Waals surface area (Å²) in [4.78, 5) is 0. The Labute approximate surface area is 312 Å². The predicted molar refractivity (Wildman–Crippen MR) is 224 cm³/mol. The summed E-state index contributed by atoms with van der Waals surface area (Å²) in [5.41, 5.74) is 10.6. The number of para-hydroxylation sites is 1. The van der Waals surface area contributed by atoms with Crippen molar-refractivity contribution in [2.24, 2.45) is 0 Å². The Hall–Kier alpha value is -6.90. The van der Waals surface area contributed by atoms with Gasteiger partial charge in [-0.25, -0.2) is 0 Å². The number of fused-ring (bicyclic) bond motifs is 11. The van der Waals surface area contributed by atoms with Gasteiger partial charge in [-0.05, 0) is 113 Å². The first-order valence-electron chi connectivity index (χ1n) is 18.7. The molecule has 0 saturated carbocycles. The molecular weight excluding hydrogens is 657 g/mol. The molecule has 1 aliphatic carbocycles. The molecule has 9 aromatic carbocycles. The third-order valence-corrected chi connectivity index (χ3v) is 11.8. The summed E-state index contributed by atoms with van der Waals surface area (Å²) in [6, 6.07) is 62.0. The average Bonchev–Trinajstić information content (AvgIpc) is 3.80. The van der Waals surface area contributed by atoms with Gasteiger partial charge in [0.2, 0.25) is 0 Å². The molecule has 10 aromatic rings. The quantitative estimate of drug-likeness (QED) is 0.172. The molecule has 0 N–H and O–H groups in total. The van der Waals surface area contributed by atoms with Crippen molar-refractivity contribution in [1.29, 1.82) is 0 Å². The highest BCUT2D eigenvalue weighted by Crippen LogP contribution is 2.53. The Kier molecular flexibility index (Phi) is 6.20. The molecule has 1 aliphatic heterocycles. The SMILES string of the molecule is C1=CC2c3cc(-c4ccc5c(-c6ccc7ccccc7c6)c6ccccc6c(-c6ccc7ccccc7c6)c5c4)ccc3OC2c2oc3ccccc3c21. The van der Waals surface area contributed by atoms with E-state index in [2.05, 4.69) is 170 Å². The van der Waals surface area contributed by atoms with Crippen LogP contribution in [0.1, 0.15) is 28.9 Å². The van der Waals surface area contributed by atoms with E-state index in [-0.39, 0.29) is 12.0 Å². The van der Waals surface area contributed by atoms with Crippen LogP contribution in [0.15, 0.2) is 180 Å². The topological polar surface area (TPSA) is 22.4 Å². The second-order valence-electron chi connectivity index (χ2n) is 14.7. The fourth-order valence-electron chi connectivity index (χ4n) is 9.23. The second-order valence-corrected chi connectivity index (χ2v) is 14.7. The molecule has 1 aromatic heterocycles. The zero-order valence-corrected chi connectivity index (χ0v) is 29.3. The fourth-order valence-corrected chi connectivity index (χ4v) is 9.23. The van der Waals surface area contributed by atoms with Crippen LogP contribution in [0.25, 0.3) is 93.5 Å². The van der Waals surface area contributed by atoms with Gasteiger partial charge in [0.25, 0.3) is 0 Å². The number of benzene rings is 9. The van der Waals surface area contributed by atoms with Crippen molar-refractivity contribution >= 4 is 60.1 Å². The first kappa shape index (κ1) is 29.7. The van der Waals surface area contributed by atoms with E-state index in [9.17, 15) is 0 Å². The molecular formula is C52H32O2. The minimum absolute atomic E-state index is 0.0880. The van der Waals surface area contributed by atoms with Crippen molar-refractivity contribution < 1.29 is 9.15 Å². The first-order chi connectivity index (χ1) is 26.7. The van der Waals surface area contributed by atoms with Gasteiger partial charge in [-0.1, -0.05) is 146 Å². The van der Waals surface area contributed by atoms with Crippen molar-refractivity contribution in [3.8, 4) is 39.1 Å². The van der Waals surface area contributed by atoms with Gasteiger partial charge < -0.3 is 9.15 Å². The lowest BCUT2D eigenvalue weighted by molar-refractivity contribution is 0.193. The van der Waals surface area contributed by atoms with Gasteiger partial charge in [-0.2, -0.15) is 0 Å². The molecule has 0 fully saturated rings. The van der Waals surface area contributed by atoms with E-state index in [0.717, 1.165) is 28.0 Å². The van der Waals surface area contributed by atoms with E-state index in [1.54, 1.807) is 0 Å². The van der Waals surface area contributed by atoms with E-state index < -0.39 is 0 Å². The van der Waals surface area contributed by atoms with Crippen molar-refractivity contribution in [1.82, 2.24) is 0 Å². The fraction of sp³-hybridized carbons (Fsp3) is 0.0385. The molecule has 2 nitrogen and oxygen atoms in total. The van der Waals surface area contributed by atoms with Crippen LogP contribution in [0.3, 0.4) is 0 Å². The average molecular weight is 689 g/mol. The van der Waals surface area contributed by atoms with Crippen LogP contribution in [-0.4, -0.2) is 0 Å². The van der Waals surface area contributed by atoms with Crippen LogP contribution in [0.2, 0.25) is 0 Å². The van der Waals surface area contributed by atoms with Crippen molar-refractivity contribution in [3.63, 3.8) is 0 Å². The molecule has 252 valence electrons. The highest BCUT2D eigenvalue weighted by atomic mass is 16.5. The molecule has 0 bridgehead atoms. The Morgan fingerprint density at radius 2 is 0.963 bits per heavy atom. The van der Waals surface area contributed by atoms with Gasteiger partial charge in [0, 0.05) is 16.5 Å². The smallest absolute Gasteiger partial charge is 0.167 e. The van der Waals surface area contributed by atoms with Gasteiger partial charge >= 0.3 is 0 Å². The normalized spacial score (nSPS) is 15.9. The molecule has 0 radical (unpaired) electrons. The third-order valence-electron chi connectivity index (χ3n) is 11.8. The van der Waals surface area contributed by atoms with Gasteiger partial charge in [-0.15, -0.1) is 0 Å². The number of furan rings is 1. The summed E-state index contributed by atoms with van der Waals surface area (Å²) in [6.07, 6.45) is 4.35. The van der Waals surface area contributed by atoms with Crippen LogP contribution in [0.5, 0.6) is 5.75 Å². The molecule has 2 heteroatoms. The molecule has 0 amide bonds. The number of hydrogen-bond acceptors (Lipinski definition) is 2. The number of rotatable bonds is 3. The summed E-state index contributed by atoms with van der Waals surface area (Å²) in [7, 11) is 0. The van der Waals surface area contributed by atoms with Crippen molar-refractivity contribution in [2.75, 3.05) is 0 Å². The maximum Gasteiger partial charge on any atom is 0.167 e. The lowest BCUT2D eigenvalue weighted by Crippen LogP contribution is -2.11. The predicted octanol–water partition coefficient (Wildman–Crippen LogP) is 14.3. The Bertz CT molecular complexity index is 3220. The summed E-state index contributed by atoms with van der Waals surface area (Å²) in [5.74, 6) is 1.93. The largest absolute Gasteiger partial charge is 0.481 e. The van der Waals surface area contributed by atoms with E-state index in [1.807, 2.05) is 12.1 Å². The van der Waals surface area contributed by atoms with Gasteiger partial charge in [-0.3, -0.25) is 0 Å². The summed E-state index contributed by atoms with van der Waals surface area (Å²) >= 11 is 0. The van der Waals surface area contributed by atoms with Crippen LogP contribution < -0.4 is 4.74 Å². The standard InChI is InChI=1S/C52H32O2/c1-3-11-33-27-37(19-17-31(33)9-1)49-40-14-5-6-15-41(40)50(38-20-18-32-10-2-4-12-34(32)28-38)46-30-35(21-23-42(46)49)36-22-26-48-45(29-36)44-25-24-43-39-13-7-8-16-47(39)53-51(43)52(44)54-48/h1-30,44,52H.